The Morgan fingerprint density at radius 2 is 1.93 bits per heavy atom. The van der Waals surface area contributed by atoms with Crippen molar-refractivity contribution in [1.29, 1.82) is 0 Å². The van der Waals surface area contributed by atoms with Gasteiger partial charge in [-0.2, -0.15) is 0 Å². The highest BCUT2D eigenvalue weighted by Crippen LogP contribution is 2.47. The van der Waals surface area contributed by atoms with Crippen molar-refractivity contribution in [3.63, 3.8) is 0 Å². The van der Waals surface area contributed by atoms with Crippen LogP contribution in [0, 0.1) is 5.82 Å². The summed E-state index contributed by atoms with van der Waals surface area (Å²) in [6, 6.07) is 12.8. The minimum absolute atomic E-state index is 0. The first kappa shape index (κ1) is 23.3. The normalized spacial score (nSPS) is 14.6. The van der Waals surface area contributed by atoms with Crippen molar-refractivity contribution in [1.82, 2.24) is 10.6 Å². The molecule has 5 nitrogen and oxygen atoms in total. The molecule has 29 heavy (non-hydrogen) atoms. The van der Waals surface area contributed by atoms with Crippen molar-refractivity contribution in [3.8, 4) is 11.5 Å². The largest absolute Gasteiger partial charge is 0.493 e. The van der Waals surface area contributed by atoms with Crippen LogP contribution in [-0.2, 0) is 12.0 Å². The molecule has 0 unspecified atom stereocenters. The lowest BCUT2D eigenvalue weighted by Gasteiger charge is -2.19. The van der Waals surface area contributed by atoms with Crippen LogP contribution in [0.2, 0.25) is 0 Å². The molecule has 0 bridgehead atoms. The van der Waals surface area contributed by atoms with Crippen molar-refractivity contribution >= 4 is 29.9 Å². The number of nitrogens with one attached hydrogen (secondary N) is 2. The van der Waals surface area contributed by atoms with Gasteiger partial charge in [0.15, 0.2) is 17.5 Å². The summed E-state index contributed by atoms with van der Waals surface area (Å²) in [5.74, 6) is 1.99. The highest BCUT2D eigenvalue weighted by molar-refractivity contribution is 14.0. The zero-order valence-corrected chi connectivity index (χ0v) is 19.5. The van der Waals surface area contributed by atoms with Crippen molar-refractivity contribution in [2.75, 3.05) is 27.3 Å². The van der Waals surface area contributed by atoms with Crippen LogP contribution in [0.15, 0.2) is 47.5 Å². The first-order valence-electron chi connectivity index (χ1n) is 9.60. The number of methoxy groups -OCH3 is 1. The Labute approximate surface area is 189 Å². The molecule has 1 fully saturated rings. The number of hydrogen-bond donors (Lipinski definition) is 2. The van der Waals surface area contributed by atoms with Crippen molar-refractivity contribution in [2.24, 2.45) is 4.99 Å². The fourth-order valence-corrected chi connectivity index (χ4v) is 3.29. The Balaban J connectivity index is 0.00000300. The minimum atomic E-state index is -0.185. The summed E-state index contributed by atoms with van der Waals surface area (Å²) in [6.07, 6.45) is 2.10. The Bertz CT molecular complexity index is 841. The average Bonchev–Trinajstić information content (AvgIpc) is 3.50. The highest BCUT2D eigenvalue weighted by Gasteiger charge is 2.44. The predicted molar refractivity (Wildman–Crippen MR) is 125 cm³/mol. The summed E-state index contributed by atoms with van der Waals surface area (Å²) < 4.78 is 24.5. The summed E-state index contributed by atoms with van der Waals surface area (Å²) in [4.78, 5) is 4.30. The molecule has 0 spiro atoms. The molecule has 2 aromatic rings. The van der Waals surface area contributed by atoms with Crippen LogP contribution >= 0.6 is 24.0 Å². The molecule has 2 aromatic carbocycles. The SMILES string of the molecule is CCOc1ccc(CNC(=NC)NCC2(c3cccc(F)c3)CC2)cc1OC.I. The van der Waals surface area contributed by atoms with E-state index in [-0.39, 0.29) is 35.2 Å². The van der Waals surface area contributed by atoms with Gasteiger partial charge in [-0.1, -0.05) is 18.2 Å². The average molecular weight is 513 g/mol. The number of ether oxygens (including phenoxy) is 2. The van der Waals surface area contributed by atoms with Crippen LogP contribution in [0.4, 0.5) is 4.39 Å². The van der Waals surface area contributed by atoms with Crippen LogP contribution in [0.5, 0.6) is 11.5 Å². The van der Waals surface area contributed by atoms with Gasteiger partial charge in [0.05, 0.1) is 13.7 Å². The summed E-state index contributed by atoms with van der Waals surface area (Å²) in [5, 5.41) is 6.70. The number of halogens is 2. The molecule has 7 heteroatoms. The first-order valence-corrected chi connectivity index (χ1v) is 9.60. The maximum absolute atomic E-state index is 13.6. The Morgan fingerprint density at radius 1 is 1.14 bits per heavy atom. The lowest BCUT2D eigenvalue weighted by atomic mass is 9.96. The maximum Gasteiger partial charge on any atom is 0.191 e. The van der Waals surface area contributed by atoms with Crippen LogP contribution < -0.4 is 20.1 Å². The molecule has 0 heterocycles. The van der Waals surface area contributed by atoms with Crippen LogP contribution in [0.3, 0.4) is 0 Å². The van der Waals surface area contributed by atoms with Gasteiger partial charge in [-0.05, 0) is 55.2 Å². The molecule has 1 saturated carbocycles. The summed E-state index contributed by atoms with van der Waals surface area (Å²) in [7, 11) is 3.38. The Hall–Kier alpha value is -2.03. The topological polar surface area (TPSA) is 54.9 Å². The first-order chi connectivity index (χ1) is 13.6. The molecule has 0 aliphatic heterocycles. The number of guanidine groups is 1. The van der Waals surface area contributed by atoms with Crippen LogP contribution in [0.1, 0.15) is 30.9 Å². The fraction of sp³-hybridized carbons (Fsp3) is 0.409. The molecule has 0 aromatic heterocycles. The summed E-state index contributed by atoms with van der Waals surface area (Å²) >= 11 is 0. The molecule has 0 saturated heterocycles. The van der Waals surface area contributed by atoms with Gasteiger partial charge in [-0.15, -0.1) is 24.0 Å². The van der Waals surface area contributed by atoms with Gasteiger partial charge >= 0.3 is 0 Å². The highest BCUT2D eigenvalue weighted by atomic mass is 127. The molecule has 158 valence electrons. The van der Waals surface area contributed by atoms with Gasteiger partial charge in [0.1, 0.15) is 5.82 Å². The third-order valence-corrected chi connectivity index (χ3v) is 5.10. The van der Waals surface area contributed by atoms with Gasteiger partial charge in [0.25, 0.3) is 0 Å². The molecule has 1 aliphatic carbocycles. The Kier molecular flexibility index (Phi) is 8.55. The van der Waals surface area contributed by atoms with E-state index in [4.69, 9.17) is 9.47 Å². The van der Waals surface area contributed by atoms with E-state index >= 15 is 0 Å². The number of benzene rings is 2. The third-order valence-electron chi connectivity index (χ3n) is 5.10. The lowest BCUT2D eigenvalue weighted by Crippen LogP contribution is -2.40. The molecule has 3 rings (SSSR count). The smallest absolute Gasteiger partial charge is 0.191 e. The van der Waals surface area contributed by atoms with E-state index < -0.39 is 0 Å². The molecule has 2 N–H and O–H groups in total. The van der Waals surface area contributed by atoms with Crippen LogP contribution in [0.25, 0.3) is 0 Å². The Morgan fingerprint density at radius 3 is 2.55 bits per heavy atom. The molecule has 0 radical (unpaired) electrons. The monoisotopic (exact) mass is 513 g/mol. The zero-order chi connectivity index (χ0) is 20.0. The van der Waals surface area contributed by atoms with Gasteiger partial charge < -0.3 is 20.1 Å². The van der Waals surface area contributed by atoms with E-state index in [1.54, 1.807) is 26.3 Å². The molecular weight excluding hydrogens is 484 g/mol. The lowest BCUT2D eigenvalue weighted by molar-refractivity contribution is 0.310. The van der Waals surface area contributed by atoms with Gasteiger partial charge in [0, 0.05) is 25.6 Å². The van der Waals surface area contributed by atoms with Crippen LogP contribution in [-0.4, -0.2) is 33.3 Å². The van der Waals surface area contributed by atoms with Gasteiger partial charge in [-0.3, -0.25) is 4.99 Å². The minimum Gasteiger partial charge on any atom is -0.493 e. The standard InChI is InChI=1S/C22H28FN3O2.HI/c1-4-28-19-9-8-16(12-20(19)27-3)14-25-21(24-2)26-15-22(10-11-22)17-6-5-7-18(23)13-17;/h5-9,12-13H,4,10-11,14-15H2,1-3H3,(H2,24,25,26);1H. The quantitative estimate of drug-likeness (QED) is 0.315. The predicted octanol–water partition coefficient (Wildman–Crippen LogP) is 4.25. The maximum atomic E-state index is 13.6. The second kappa shape index (κ2) is 10.7. The number of nitrogens with zero attached hydrogens (tertiary/aromatic N) is 1. The molecular formula is C22H29FIN3O2. The number of hydrogen-bond acceptors (Lipinski definition) is 3. The number of rotatable bonds is 8. The van der Waals surface area contributed by atoms with Crippen molar-refractivity contribution in [3.05, 3.63) is 59.4 Å². The van der Waals surface area contributed by atoms with E-state index in [0.717, 1.165) is 42.2 Å². The molecule has 1 aliphatic rings. The van der Waals surface area contributed by atoms with E-state index in [9.17, 15) is 4.39 Å². The van der Waals surface area contributed by atoms with Crippen molar-refractivity contribution in [2.45, 2.75) is 31.7 Å². The molecule has 0 amide bonds. The number of aliphatic imine (C=N–C) groups is 1. The van der Waals surface area contributed by atoms with E-state index in [1.165, 1.54) is 6.07 Å². The third kappa shape index (κ3) is 5.98. The van der Waals surface area contributed by atoms with Gasteiger partial charge in [-0.25, -0.2) is 4.39 Å². The second-order valence-corrected chi connectivity index (χ2v) is 6.99. The van der Waals surface area contributed by atoms with Gasteiger partial charge in [0.2, 0.25) is 0 Å². The van der Waals surface area contributed by atoms with E-state index in [0.29, 0.717) is 18.9 Å². The van der Waals surface area contributed by atoms with Crippen molar-refractivity contribution < 1.29 is 13.9 Å². The molecule has 0 atom stereocenters. The van der Waals surface area contributed by atoms with E-state index in [2.05, 4.69) is 15.6 Å². The zero-order valence-electron chi connectivity index (χ0n) is 17.1. The fourth-order valence-electron chi connectivity index (χ4n) is 3.29. The van der Waals surface area contributed by atoms with E-state index in [1.807, 2.05) is 31.2 Å². The summed E-state index contributed by atoms with van der Waals surface area (Å²) in [5.41, 5.74) is 2.11. The summed E-state index contributed by atoms with van der Waals surface area (Å²) in [6.45, 7) is 3.87. The second-order valence-electron chi connectivity index (χ2n) is 6.99.